The van der Waals surface area contributed by atoms with Gasteiger partial charge in [0, 0.05) is 3.57 Å². The van der Waals surface area contributed by atoms with E-state index in [1.807, 2.05) is 12.1 Å². The number of rotatable bonds is 2. The van der Waals surface area contributed by atoms with Crippen LogP contribution < -0.4 is 0 Å². The average molecular weight is 266 g/mol. The Morgan fingerprint density at radius 3 is 2.36 bits per heavy atom. The molecule has 0 aliphatic rings. The summed E-state index contributed by atoms with van der Waals surface area (Å²) in [6, 6.07) is 7.14. The van der Waals surface area contributed by atoms with Crippen LogP contribution in [0.3, 0.4) is 0 Å². The Morgan fingerprint density at radius 1 is 1.36 bits per heavy atom. The van der Waals surface area contributed by atoms with E-state index in [9.17, 15) is 4.39 Å². The van der Waals surface area contributed by atoms with E-state index in [2.05, 4.69) is 22.6 Å². The van der Waals surface area contributed by atoms with E-state index in [1.54, 1.807) is 12.1 Å². The molecule has 1 aromatic rings. The van der Waals surface area contributed by atoms with Gasteiger partial charge in [-0.2, -0.15) is 0 Å². The Kier molecular flexibility index (Phi) is 3.26. The van der Waals surface area contributed by atoms with Crippen molar-refractivity contribution in [3.8, 4) is 0 Å². The minimum Gasteiger partial charge on any atom is -0.386 e. The summed E-state index contributed by atoms with van der Waals surface area (Å²) in [7, 11) is 0. The molecule has 0 saturated carbocycles. The van der Waals surface area contributed by atoms with Crippen LogP contribution in [0.4, 0.5) is 4.39 Å². The highest BCUT2D eigenvalue weighted by Gasteiger charge is 2.04. The smallest absolute Gasteiger partial charge is 0.119 e. The van der Waals surface area contributed by atoms with Crippen molar-refractivity contribution < 1.29 is 9.50 Å². The van der Waals surface area contributed by atoms with Gasteiger partial charge in [0.1, 0.15) is 12.8 Å². The molecular weight excluding hydrogens is 258 g/mol. The van der Waals surface area contributed by atoms with E-state index < -0.39 is 12.8 Å². The standard InChI is InChI=1S/C8H8FIO/c9-5-8(11)6-1-3-7(10)4-2-6/h1-4,8,11H,5H2/t8-/m1/s1. The minimum atomic E-state index is -0.966. The molecule has 1 atom stereocenters. The number of halogens is 2. The molecule has 0 aliphatic heterocycles. The van der Waals surface area contributed by atoms with Crippen LogP contribution in [0.1, 0.15) is 11.7 Å². The van der Waals surface area contributed by atoms with Crippen LogP contribution in [0.5, 0.6) is 0 Å². The van der Waals surface area contributed by atoms with Gasteiger partial charge in [-0.05, 0) is 40.3 Å². The van der Waals surface area contributed by atoms with Crippen LogP contribution in [0, 0.1) is 3.57 Å². The SMILES string of the molecule is O[C@H](CF)c1ccc(I)cc1. The third kappa shape index (κ3) is 2.41. The summed E-state index contributed by atoms with van der Waals surface area (Å²) in [5, 5.41) is 9.04. The summed E-state index contributed by atoms with van der Waals surface area (Å²) in [4.78, 5) is 0. The Labute approximate surface area is 78.4 Å². The third-order valence-corrected chi connectivity index (χ3v) is 2.12. The van der Waals surface area contributed by atoms with E-state index in [0.29, 0.717) is 5.56 Å². The van der Waals surface area contributed by atoms with Gasteiger partial charge in [-0.15, -0.1) is 0 Å². The van der Waals surface area contributed by atoms with Crippen molar-refractivity contribution >= 4 is 22.6 Å². The van der Waals surface area contributed by atoms with Gasteiger partial charge in [-0.3, -0.25) is 0 Å². The lowest BCUT2D eigenvalue weighted by Crippen LogP contribution is -1.98. The van der Waals surface area contributed by atoms with Crippen LogP contribution in [0.15, 0.2) is 24.3 Å². The maximum absolute atomic E-state index is 11.9. The topological polar surface area (TPSA) is 20.2 Å². The summed E-state index contributed by atoms with van der Waals surface area (Å²) < 4.78 is 13.0. The molecule has 0 fully saturated rings. The summed E-state index contributed by atoms with van der Waals surface area (Å²) >= 11 is 2.16. The number of benzene rings is 1. The molecule has 0 saturated heterocycles. The monoisotopic (exact) mass is 266 g/mol. The molecule has 1 N–H and O–H groups in total. The lowest BCUT2D eigenvalue weighted by atomic mass is 10.1. The van der Waals surface area contributed by atoms with Gasteiger partial charge >= 0.3 is 0 Å². The van der Waals surface area contributed by atoms with Gasteiger partial charge in [-0.1, -0.05) is 12.1 Å². The minimum absolute atomic E-state index is 0.632. The van der Waals surface area contributed by atoms with Gasteiger partial charge in [0.25, 0.3) is 0 Å². The number of aliphatic hydroxyl groups is 1. The lowest BCUT2D eigenvalue weighted by Gasteiger charge is -2.04. The van der Waals surface area contributed by atoms with E-state index in [4.69, 9.17) is 5.11 Å². The molecule has 1 aromatic carbocycles. The predicted molar refractivity (Wildman–Crippen MR) is 50.1 cm³/mol. The second kappa shape index (κ2) is 4.01. The van der Waals surface area contributed by atoms with E-state index in [1.165, 1.54) is 0 Å². The molecular formula is C8H8FIO. The molecule has 0 radical (unpaired) electrons. The normalized spacial score (nSPS) is 13.0. The Bertz CT molecular complexity index is 222. The predicted octanol–water partition coefficient (Wildman–Crippen LogP) is 2.29. The van der Waals surface area contributed by atoms with Crippen LogP contribution >= 0.6 is 22.6 Å². The summed E-state index contributed by atoms with van der Waals surface area (Å²) in [5.74, 6) is 0. The quantitative estimate of drug-likeness (QED) is 0.814. The molecule has 0 bridgehead atoms. The molecule has 0 aliphatic carbocycles. The van der Waals surface area contributed by atoms with E-state index in [0.717, 1.165) is 3.57 Å². The molecule has 0 aromatic heterocycles. The number of hydrogen-bond donors (Lipinski definition) is 1. The van der Waals surface area contributed by atoms with E-state index >= 15 is 0 Å². The first-order chi connectivity index (χ1) is 5.24. The molecule has 0 spiro atoms. The first kappa shape index (κ1) is 8.93. The molecule has 11 heavy (non-hydrogen) atoms. The second-order valence-electron chi connectivity index (χ2n) is 2.22. The van der Waals surface area contributed by atoms with E-state index in [-0.39, 0.29) is 0 Å². The highest BCUT2D eigenvalue weighted by molar-refractivity contribution is 14.1. The van der Waals surface area contributed by atoms with Crippen molar-refractivity contribution in [3.05, 3.63) is 33.4 Å². The number of hydrogen-bond acceptors (Lipinski definition) is 1. The first-order valence-corrected chi connectivity index (χ1v) is 4.31. The molecule has 0 unspecified atom stereocenters. The fraction of sp³-hybridized carbons (Fsp3) is 0.250. The number of aliphatic hydroxyl groups excluding tert-OH is 1. The zero-order valence-electron chi connectivity index (χ0n) is 5.80. The summed E-state index contributed by atoms with van der Waals surface area (Å²) in [6.07, 6.45) is -0.966. The zero-order valence-corrected chi connectivity index (χ0v) is 7.95. The van der Waals surface area contributed by atoms with Gasteiger partial charge in [0.15, 0.2) is 0 Å². The lowest BCUT2D eigenvalue weighted by molar-refractivity contribution is 0.142. The highest BCUT2D eigenvalue weighted by atomic mass is 127. The van der Waals surface area contributed by atoms with Gasteiger partial charge in [0.2, 0.25) is 0 Å². The van der Waals surface area contributed by atoms with Crippen molar-refractivity contribution in [1.82, 2.24) is 0 Å². The summed E-state index contributed by atoms with van der Waals surface area (Å²) in [6.45, 7) is -0.722. The average Bonchev–Trinajstić information content (AvgIpc) is 2.05. The number of alkyl halides is 1. The van der Waals surface area contributed by atoms with Crippen molar-refractivity contribution in [1.29, 1.82) is 0 Å². The third-order valence-electron chi connectivity index (χ3n) is 1.40. The van der Waals surface area contributed by atoms with Crippen molar-refractivity contribution in [2.75, 3.05) is 6.67 Å². The molecule has 0 heterocycles. The highest BCUT2D eigenvalue weighted by Crippen LogP contribution is 2.14. The Balaban J connectivity index is 2.81. The van der Waals surface area contributed by atoms with Crippen molar-refractivity contribution in [2.24, 2.45) is 0 Å². The molecule has 3 heteroatoms. The van der Waals surface area contributed by atoms with Crippen molar-refractivity contribution in [2.45, 2.75) is 6.10 Å². The largest absolute Gasteiger partial charge is 0.386 e. The zero-order chi connectivity index (χ0) is 8.27. The van der Waals surface area contributed by atoms with Crippen LogP contribution in [0.2, 0.25) is 0 Å². The second-order valence-corrected chi connectivity index (χ2v) is 3.47. The first-order valence-electron chi connectivity index (χ1n) is 3.23. The fourth-order valence-corrected chi connectivity index (χ4v) is 1.13. The fourth-order valence-electron chi connectivity index (χ4n) is 0.774. The van der Waals surface area contributed by atoms with Crippen LogP contribution in [-0.2, 0) is 0 Å². The molecule has 0 amide bonds. The van der Waals surface area contributed by atoms with Crippen molar-refractivity contribution in [3.63, 3.8) is 0 Å². The molecule has 1 nitrogen and oxygen atoms in total. The Hall–Kier alpha value is -0.160. The summed E-state index contributed by atoms with van der Waals surface area (Å²) in [5.41, 5.74) is 0.632. The molecule has 1 rings (SSSR count). The van der Waals surface area contributed by atoms with Crippen LogP contribution in [0.25, 0.3) is 0 Å². The van der Waals surface area contributed by atoms with Gasteiger partial charge < -0.3 is 5.11 Å². The van der Waals surface area contributed by atoms with Crippen LogP contribution in [-0.4, -0.2) is 11.8 Å². The molecule has 60 valence electrons. The van der Waals surface area contributed by atoms with Gasteiger partial charge in [0.05, 0.1) is 0 Å². The maximum atomic E-state index is 11.9. The maximum Gasteiger partial charge on any atom is 0.119 e. The Morgan fingerprint density at radius 2 is 1.91 bits per heavy atom. The van der Waals surface area contributed by atoms with Gasteiger partial charge in [-0.25, -0.2) is 4.39 Å².